The van der Waals surface area contributed by atoms with Gasteiger partial charge in [0, 0.05) is 18.5 Å². The lowest BCUT2D eigenvalue weighted by Crippen LogP contribution is -2.37. The van der Waals surface area contributed by atoms with Crippen molar-refractivity contribution in [1.29, 1.82) is 0 Å². The van der Waals surface area contributed by atoms with E-state index in [2.05, 4.69) is 0 Å². The van der Waals surface area contributed by atoms with Gasteiger partial charge in [-0.1, -0.05) is 48.5 Å². The van der Waals surface area contributed by atoms with E-state index >= 15 is 0 Å². The summed E-state index contributed by atoms with van der Waals surface area (Å²) in [5.74, 6) is 0.197. The largest absolute Gasteiger partial charge is 0.416 e. The molecule has 0 heterocycles. The number of carbonyl (C=O) groups excluding carboxylic acids is 1. The van der Waals surface area contributed by atoms with Crippen LogP contribution < -0.4 is 4.18 Å². The molecule has 1 fully saturated rings. The fourth-order valence-electron chi connectivity index (χ4n) is 4.11. The smallest absolute Gasteiger partial charge is 0.379 e. The number of hydrogen-bond donors (Lipinski definition) is 0. The predicted molar refractivity (Wildman–Crippen MR) is 129 cm³/mol. The molecule has 4 rings (SSSR count). The van der Waals surface area contributed by atoms with Crippen molar-refractivity contribution in [3.8, 4) is 5.75 Å². The van der Waals surface area contributed by atoms with E-state index in [1.165, 1.54) is 12.1 Å². The molecule has 1 saturated carbocycles. The van der Waals surface area contributed by atoms with E-state index in [0.717, 1.165) is 35.7 Å². The van der Waals surface area contributed by atoms with Gasteiger partial charge in [0.25, 0.3) is 0 Å². The summed E-state index contributed by atoms with van der Waals surface area (Å²) in [6, 6.07) is 19.4. The van der Waals surface area contributed by atoms with Gasteiger partial charge in [-0.15, -0.1) is 0 Å². The van der Waals surface area contributed by atoms with Gasteiger partial charge in [-0.05, 0) is 67.6 Å². The molecule has 0 radical (unpaired) electrons. The molecule has 0 spiro atoms. The SMILES string of the molecule is CC(C)N(Cc1ccc(OS(=O)(=O)c2cccc(C(F)(F)F)c2)cc1)C(=O)C1CC1c1ccccc1. The van der Waals surface area contributed by atoms with Crippen LogP contribution in [0.25, 0.3) is 0 Å². The van der Waals surface area contributed by atoms with Crippen LogP contribution in [-0.2, 0) is 27.6 Å². The van der Waals surface area contributed by atoms with Gasteiger partial charge >= 0.3 is 16.3 Å². The standard InChI is InChI=1S/C27H26F3NO4S/c1-18(2)31(26(32)25-16-24(25)20-7-4-3-5-8-20)17-19-11-13-22(14-12-19)35-36(33,34)23-10-6-9-21(15-23)27(28,29)30/h3-15,18,24-25H,16-17H2,1-2H3. The minimum atomic E-state index is -4.67. The van der Waals surface area contributed by atoms with E-state index in [0.29, 0.717) is 12.6 Å². The highest BCUT2D eigenvalue weighted by atomic mass is 32.2. The number of nitrogens with zero attached hydrogens (tertiary/aromatic N) is 1. The molecule has 2 unspecified atom stereocenters. The lowest BCUT2D eigenvalue weighted by molar-refractivity contribution is -0.138. The molecular formula is C27H26F3NO4S. The number of benzene rings is 3. The zero-order chi connectivity index (χ0) is 26.1. The third kappa shape index (κ3) is 5.90. The first kappa shape index (κ1) is 25.8. The molecule has 0 N–H and O–H groups in total. The van der Waals surface area contributed by atoms with E-state index in [4.69, 9.17) is 4.18 Å². The Morgan fingerprint density at radius 2 is 1.67 bits per heavy atom. The maximum atomic E-state index is 13.2. The fourth-order valence-corrected chi connectivity index (χ4v) is 5.09. The molecule has 5 nitrogen and oxygen atoms in total. The quantitative estimate of drug-likeness (QED) is 0.343. The highest BCUT2D eigenvalue weighted by molar-refractivity contribution is 7.87. The van der Waals surface area contributed by atoms with Crippen molar-refractivity contribution in [2.45, 2.75) is 49.8 Å². The van der Waals surface area contributed by atoms with Gasteiger partial charge in [-0.3, -0.25) is 4.79 Å². The van der Waals surface area contributed by atoms with E-state index in [1.807, 2.05) is 44.2 Å². The summed E-state index contributed by atoms with van der Waals surface area (Å²) >= 11 is 0. The maximum Gasteiger partial charge on any atom is 0.416 e. The number of rotatable bonds is 8. The Morgan fingerprint density at radius 3 is 2.28 bits per heavy atom. The summed E-state index contributed by atoms with van der Waals surface area (Å²) in [5.41, 5.74) is 0.854. The zero-order valence-electron chi connectivity index (χ0n) is 19.8. The molecule has 0 saturated heterocycles. The normalized spacial score (nSPS) is 17.6. The molecule has 1 aliphatic carbocycles. The average Bonchev–Trinajstić information content (AvgIpc) is 3.64. The summed E-state index contributed by atoms with van der Waals surface area (Å²) in [5, 5.41) is 0. The molecule has 3 aromatic rings. The Kier molecular flexibility index (Phi) is 7.13. The topological polar surface area (TPSA) is 63.7 Å². The van der Waals surface area contributed by atoms with E-state index in [9.17, 15) is 26.4 Å². The number of halogens is 3. The maximum absolute atomic E-state index is 13.2. The Hall–Kier alpha value is -3.33. The van der Waals surface area contributed by atoms with Crippen molar-refractivity contribution < 1.29 is 30.6 Å². The molecule has 1 amide bonds. The molecule has 0 bridgehead atoms. The van der Waals surface area contributed by atoms with Crippen LogP contribution in [0.15, 0.2) is 83.8 Å². The highest BCUT2D eigenvalue weighted by Crippen LogP contribution is 2.48. The van der Waals surface area contributed by atoms with Crippen molar-refractivity contribution in [2.24, 2.45) is 5.92 Å². The van der Waals surface area contributed by atoms with E-state index < -0.39 is 26.8 Å². The Morgan fingerprint density at radius 1 is 1.00 bits per heavy atom. The Labute approximate surface area is 208 Å². The monoisotopic (exact) mass is 517 g/mol. The van der Waals surface area contributed by atoms with Crippen LogP contribution in [0, 0.1) is 5.92 Å². The molecule has 9 heteroatoms. The second kappa shape index (κ2) is 9.97. The zero-order valence-corrected chi connectivity index (χ0v) is 20.6. The van der Waals surface area contributed by atoms with Crippen LogP contribution in [-0.4, -0.2) is 25.3 Å². The van der Waals surface area contributed by atoms with Crippen molar-refractivity contribution in [1.82, 2.24) is 4.90 Å². The fraction of sp³-hybridized carbons (Fsp3) is 0.296. The number of alkyl halides is 3. The van der Waals surface area contributed by atoms with Gasteiger partial charge in [0.05, 0.1) is 5.56 Å². The lowest BCUT2D eigenvalue weighted by atomic mass is 10.1. The predicted octanol–water partition coefficient (Wildman–Crippen LogP) is 6.01. The van der Waals surface area contributed by atoms with Gasteiger partial charge in [0.2, 0.25) is 5.91 Å². The molecule has 3 aromatic carbocycles. The first-order chi connectivity index (χ1) is 17.0. The van der Waals surface area contributed by atoms with Gasteiger partial charge in [0.1, 0.15) is 10.6 Å². The third-order valence-electron chi connectivity index (χ3n) is 6.17. The summed E-state index contributed by atoms with van der Waals surface area (Å²) < 4.78 is 68.9. The van der Waals surface area contributed by atoms with Crippen LogP contribution in [0.2, 0.25) is 0 Å². The summed E-state index contributed by atoms with van der Waals surface area (Å²) in [6.07, 6.45) is -3.86. The second-order valence-electron chi connectivity index (χ2n) is 9.13. The molecule has 0 aromatic heterocycles. The molecular weight excluding hydrogens is 491 g/mol. The first-order valence-corrected chi connectivity index (χ1v) is 12.9. The minimum absolute atomic E-state index is 0.0354. The van der Waals surface area contributed by atoms with Crippen molar-refractivity contribution in [3.63, 3.8) is 0 Å². The average molecular weight is 518 g/mol. The molecule has 0 aliphatic heterocycles. The first-order valence-electron chi connectivity index (χ1n) is 11.5. The van der Waals surface area contributed by atoms with Gasteiger partial charge in [0.15, 0.2) is 0 Å². The van der Waals surface area contributed by atoms with Crippen LogP contribution in [0.1, 0.15) is 42.9 Å². The van der Waals surface area contributed by atoms with Gasteiger partial charge in [-0.2, -0.15) is 21.6 Å². The lowest BCUT2D eigenvalue weighted by Gasteiger charge is -2.27. The highest BCUT2D eigenvalue weighted by Gasteiger charge is 2.46. The van der Waals surface area contributed by atoms with Crippen LogP contribution in [0.4, 0.5) is 13.2 Å². The molecule has 2 atom stereocenters. The summed E-state index contributed by atoms with van der Waals surface area (Å²) in [7, 11) is -4.46. The molecule has 190 valence electrons. The van der Waals surface area contributed by atoms with Crippen LogP contribution >= 0.6 is 0 Å². The Bertz CT molecular complexity index is 1320. The summed E-state index contributed by atoms with van der Waals surface area (Å²) in [4.78, 5) is 14.4. The van der Waals surface area contributed by atoms with Gasteiger partial charge in [-0.25, -0.2) is 0 Å². The molecule has 36 heavy (non-hydrogen) atoms. The number of amides is 1. The van der Waals surface area contributed by atoms with Gasteiger partial charge < -0.3 is 9.08 Å². The van der Waals surface area contributed by atoms with Crippen molar-refractivity contribution in [2.75, 3.05) is 0 Å². The van der Waals surface area contributed by atoms with E-state index in [1.54, 1.807) is 17.0 Å². The second-order valence-corrected chi connectivity index (χ2v) is 10.7. The minimum Gasteiger partial charge on any atom is -0.379 e. The van der Waals surface area contributed by atoms with Crippen LogP contribution in [0.5, 0.6) is 5.75 Å². The van der Waals surface area contributed by atoms with Crippen molar-refractivity contribution in [3.05, 3.63) is 95.6 Å². The van der Waals surface area contributed by atoms with Crippen LogP contribution in [0.3, 0.4) is 0 Å². The number of hydrogen-bond acceptors (Lipinski definition) is 4. The number of carbonyl (C=O) groups is 1. The molecule has 1 aliphatic rings. The summed E-state index contributed by atoms with van der Waals surface area (Å²) in [6.45, 7) is 4.23. The van der Waals surface area contributed by atoms with E-state index in [-0.39, 0.29) is 29.5 Å². The van der Waals surface area contributed by atoms with Crippen molar-refractivity contribution >= 4 is 16.0 Å². The third-order valence-corrected chi connectivity index (χ3v) is 7.42. The Balaban J connectivity index is 1.43.